The van der Waals surface area contributed by atoms with Crippen molar-refractivity contribution in [2.24, 2.45) is 0 Å². The molecule has 110 valence electrons. The van der Waals surface area contributed by atoms with Crippen LogP contribution < -0.4 is 10.6 Å². The van der Waals surface area contributed by atoms with E-state index in [0.717, 1.165) is 11.1 Å². The van der Waals surface area contributed by atoms with Crippen LogP contribution in [0.5, 0.6) is 0 Å². The molecule has 0 saturated carbocycles. The van der Waals surface area contributed by atoms with Gasteiger partial charge in [0, 0.05) is 18.1 Å². The summed E-state index contributed by atoms with van der Waals surface area (Å²) in [7, 11) is 0. The van der Waals surface area contributed by atoms with E-state index in [1.807, 2.05) is 44.2 Å². The van der Waals surface area contributed by atoms with Crippen molar-refractivity contribution in [3.8, 4) is 6.07 Å². The number of aromatic nitrogens is 1. The number of nitrogens with one attached hydrogen (secondary N) is 2. The largest absolute Gasteiger partial charge is 0.345 e. The van der Waals surface area contributed by atoms with Crippen LogP contribution in [0.3, 0.4) is 0 Å². The lowest BCUT2D eigenvalue weighted by atomic mass is 10.2. The fourth-order valence-corrected chi connectivity index (χ4v) is 1.75. The maximum Gasteiger partial charge on any atom is 0.267 e. The monoisotopic (exact) mass is 292 g/mol. The van der Waals surface area contributed by atoms with Gasteiger partial charge in [0.25, 0.3) is 5.91 Å². The maximum absolute atomic E-state index is 12.1. The SMILES string of the molecule is Cc1ccc(NC(=O)/C(C#N)=C\Nc2cc(C)ccn2)cc1. The number of aryl methyl sites for hydroxylation is 2. The van der Waals surface area contributed by atoms with Crippen molar-refractivity contribution in [2.75, 3.05) is 10.6 Å². The Labute approximate surface area is 129 Å². The van der Waals surface area contributed by atoms with Crippen molar-refractivity contribution < 1.29 is 4.79 Å². The Bertz CT molecular complexity index is 742. The molecule has 0 atom stereocenters. The van der Waals surface area contributed by atoms with E-state index in [2.05, 4.69) is 15.6 Å². The van der Waals surface area contributed by atoms with Gasteiger partial charge in [0.15, 0.2) is 0 Å². The van der Waals surface area contributed by atoms with Crippen molar-refractivity contribution in [1.82, 2.24) is 4.98 Å². The highest BCUT2D eigenvalue weighted by molar-refractivity contribution is 6.06. The Kier molecular flexibility index (Phi) is 4.89. The molecule has 2 aromatic rings. The third-order valence-electron chi connectivity index (χ3n) is 2.95. The van der Waals surface area contributed by atoms with Crippen LogP contribution in [0.15, 0.2) is 54.4 Å². The molecule has 0 aliphatic carbocycles. The molecular formula is C17H16N4O. The van der Waals surface area contributed by atoms with Crippen molar-refractivity contribution >= 4 is 17.4 Å². The second-order valence-corrected chi connectivity index (χ2v) is 4.85. The number of nitriles is 1. The van der Waals surface area contributed by atoms with Gasteiger partial charge in [-0.2, -0.15) is 5.26 Å². The van der Waals surface area contributed by atoms with Crippen LogP contribution in [0.1, 0.15) is 11.1 Å². The zero-order valence-electron chi connectivity index (χ0n) is 12.4. The van der Waals surface area contributed by atoms with Gasteiger partial charge in [0.05, 0.1) is 0 Å². The lowest BCUT2D eigenvalue weighted by molar-refractivity contribution is -0.112. The first-order valence-electron chi connectivity index (χ1n) is 6.76. The van der Waals surface area contributed by atoms with E-state index in [-0.39, 0.29) is 5.57 Å². The Hall–Kier alpha value is -3.13. The Morgan fingerprint density at radius 2 is 1.91 bits per heavy atom. The first kappa shape index (κ1) is 15.3. The summed E-state index contributed by atoms with van der Waals surface area (Å²) in [6.07, 6.45) is 3.01. The van der Waals surface area contributed by atoms with Gasteiger partial charge in [0.1, 0.15) is 17.5 Å². The van der Waals surface area contributed by atoms with Crippen molar-refractivity contribution in [2.45, 2.75) is 13.8 Å². The highest BCUT2D eigenvalue weighted by atomic mass is 16.1. The number of benzene rings is 1. The number of hydrogen-bond acceptors (Lipinski definition) is 4. The second kappa shape index (κ2) is 7.04. The molecule has 2 rings (SSSR count). The van der Waals surface area contributed by atoms with E-state index in [9.17, 15) is 4.79 Å². The van der Waals surface area contributed by atoms with Gasteiger partial charge in [0.2, 0.25) is 0 Å². The van der Waals surface area contributed by atoms with Gasteiger partial charge in [-0.1, -0.05) is 17.7 Å². The molecule has 0 saturated heterocycles. The number of amides is 1. The third-order valence-corrected chi connectivity index (χ3v) is 2.95. The van der Waals surface area contributed by atoms with Gasteiger partial charge < -0.3 is 10.6 Å². The summed E-state index contributed by atoms with van der Waals surface area (Å²) in [4.78, 5) is 16.2. The molecule has 1 heterocycles. The summed E-state index contributed by atoms with van der Waals surface area (Å²) in [6.45, 7) is 3.90. The van der Waals surface area contributed by atoms with Crippen molar-refractivity contribution in [3.05, 3.63) is 65.5 Å². The highest BCUT2D eigenvalue weighted by Gasteiger charge is 2.09. The summed E-state index contributed by atoms with van der Waals surface area (Å²) in [5, 5.41) is 14.6. The summed E-state index contributed by atoms with van der Waals surface area (Å²) in [5.41, 5.74) is 2.75. The molecule has 0 aliphatic heterocycles. The Balaban J connectivity index is 2.07. The van der Waals surface area contributed by atoms with E-state index < -0.39 is 5.91 Å². The minimum absolute atomic E-state index is 0.0242. The smallest absolute Gasteiger partial charge is 0.267 e. The second-order valence-electron chi connectivity index (χ2n) is 4.85. The fraction of sp³-hybridized carbons (Fsp3) is 0.118. The molecule has 5 heteroatoms. The zero-order valence-corrected chi connectivity index (χ0v) is 12.4. The van der Waals surface area contributed by atoms with Crippen molar-refractivity contribution in [1.29, 1.82) is 5.26 Å². The molecule has 0 bridgehead atoms. The molecule has 1 aromatic heterocycles. The standard InChI is InChI=1S/C17H16N4O/c1-12-3-5-15(6-4-12)21-17(22)14(10-18)11-20-16-9-13(2)7-8-19-16/h3-9,11H,1-2H3,(H,19,20)(H,21,22)/b14-11-. The molecule has 0 spiro atoms. The summed E-state index contributed by atoms with van der Waals surface area (Å²) < 4.78 is 0. The molecule has 0 aliphatic rings. The predicted octanol–water partition coefficient (Wildman–Crippen LogP) is 3.16. The van der Waals surface area contributed by atoms with Gasteiger partial charge in [-0.3, -0.25) is 4.79 Å². The Morgan fingerprint density at radius 1 is 1.18 bits per heavy atom. The Morgan fingerprint density at radius 3 is 2.55 bits per heavy atom. The van der Waals surface area contributed by atoms with E-state index in [1.54, 1.807) is 18.3 Å². The number of nitrogens with zero attached hydrogens (tertiary/aromatic N) is 2. The molecule has 2 N–H and O–H groups in total. The average Bonchev–Trinajstić information content (AvgIpc) is 2.50. The molecular weight excluding hydrogens is 276 g/mol. The van der Waals surface area contributed by atoms with Crippen LogP contribution in [0.2, 0.25) is 0 Å². The topological polar surface area (TPSA) is 77.8 Å². The highest BCUT2D eigenvalue weighted by Crippen LogP contribution is 2.11. The zero-order chi connectivity index (χ0) is 15.9. The van der Waals surface area contributed by atoms with Gasteiger partial charge >= 0.3 is 0 Å². The van der Waals surface area contributed by atoms with Crippen LogP contribution in [-0.4, -0.2) is 10.9 Å². The quantitative estimate of drug-likeness (QED) is 0.670. The lowest BCUT2D eigenvalue weighted by Crippen LogP contribution is -2.14. The predicted molar refractivity (Wildman–Crippen MR) is 86.1 cm³/mol. The number of anilines is 2. The number of carbonyl (C=O) groups excluding carboxylic acids is 1. The van der Waals surface area contributed by atoms with Crippen LogP contribution >= 0.6 is 0 Å². The minimum atomic E-state index is -0.466. The van der Waals surface area contributed by atoms with Gasteiger partial charge in [-0.15, -0.1) is 0 Å². The molecule has 22 heavy (non-hydrogen) atoms. The van der Waals surface area contributed by atoms with E-state index >= 15 is 0 Å². The number of pyridine rings is 1. The van der Waals surface area contributed by atoms with E-state index in [1.165, 1.54) is 6.20 Å². The van der Waals surface area contributed by atoms with E-state index in [0.29, 0.717) is 11.5 Å². The minimum Gasteiger partial charge on any atom is -0.345 e. The lowest BCUT2D eigenvalue weighted by Gasteiger charge is -2.05. The summed E-state index contributed by atoms with van der Waals surface area (Å²) in [6, 6.07) is 12.9. The first-order chi connectivity index (χ1) is 10.6. The molecule has 0 radical (unpaired) electrons. The molecule has 1 aromatic carbocycles. The number of hydrogen-bond donors (Lipinski definition) is 2. The van der Waals surface area contributed by atoms with Crippen LogP contribution in [0.4, 0.5) is 11.5 Å². The molecule has 1 amide bonds. The van der Waals surface area contributed by atoms with Crippen LogP contribution in [0, 0.1) is 25.2 Å². The van der Waals surface area contributed by atoms with Crippen molar-refractivity contribution in [3.63, 3.8) is 0 Å². The number of carbonyl (C=O) groups is 1. The molecule has 0 fully saturated rings. The maximum atomic E-state index is 12.1. The van der Waals surface area contributed by atoms with Crippen LogP contribution in [0.25, 0.3) is 0 Å². The first-order valence-corrected chi connectivity index (χ1v) is 6.76. The third kappa shape index (κ3) is 4.18. The summed E-state index contributed by atoms with van der Waals surface area (Å²) >= 11 is 0. The van der Waals surface area contributed by atoms with Crippen LogP contribution in [-0.2, 0) is 4.79 Å². The summed E-state index contributed by atoms with van der Waals surface area (Å²) in [5.74, 6) is 0.113. The molecule has 5 nitrogen and oxygen atoms in total. The number of rotatable bonds is 4. The average molecular weight is 292 g/mol. The normalized spacial score (nSPS) is 10.7. The van der Waals surface area contributed by atoms with Gasteiger partial charge in [-0.25, -0.2) is 4.98 Å². The fourth-order valence-electron chi connectivity index (χ4n) is 1.75. The molecule has 0 unspecified atom stereocenters. The van der Waals surface area contributed by atoms with E-state index in [4.69, 9.17) is 5.26 Å². The van der Waals surface area contributed by atoms with Gasteiger partial charge in [-0.05, 0) is 43.7 Å².